The Bertz CT molecular complexity index is 551. The predicted molar refractivity (Wildman–Crippen MR) is 72.2 cm³/mol. The Morgan fingerprint density at radius 3 is 2.65 bits per heavy atom. The maximum Gasteiger partial charge on any atom is 0.422 e. The first-order valence-corrected chi connectivity index (χ1v) is 6.74. The van der Waals surface area contributed by atoms with Crippen LogP contribution in [0.3, 0.4) is 0 Å². The van der Waals surface area contributed by atoms with Crippen LogP contribution in [-0.4, -0.2) is 17.8 Å². The number of hydrogen-bond donors (Lipinski definition) is 1. The average Bonchev–Trinajstić information content (AvgIpc) is 2.80. The van der Waals surface area contributed by atoms with Crippen molar-refractivity contribution in [3.63, 3.8) is 0 Å². The quantitative estimate of drug-likeness (QED) is 0.906. The van der Waals surface area contributed by atoms with E-state index in [9.17, 15) is 13.2 Å². The number of ether oxygens (including phenoxy) is 1. The molecule has 0 atom stereocenters. The van der Waals surface area contributed by atoms with E-state index in [4.69, 9.17) is 0 Å². The lowest BCUT2D eigenvalue weighted by atomic mass is 10.3. The zero-order valence-electron chi connectivity index (χ0n) is 10.7. The van der Waals surface area contributed by atoms with Gasteiger partial charge in [0.1, 0.15) is 0 Å². The van der Waals surface area contributed by atoms with Crippen LogP contribution in [0, 0.1) is 6.92 Å². The number of alkyl halides is 3. The first-order chi connectivity index (χ1) is 9.44. The van der Waals surface area contributed by atoms with Gasteiger partial charge in [-0.2, -0.15) is 13.2 Å². The third-order valence-corrected chi connectivity index (χ3v) is 3.56. The van der Waals surface area contributed by atoms with E-state index in [1.807, 2.05) is 18.4 Å². The molecule has 0 aromatic carbocycles. The number of rotatable bonds is 5. The van der Waals surface area contributed by atoms with E-state index in [0.717, 1.165) is 5.69 Å². The molecule has 2 aromatic rings. The lowest BCUT2D eigenvalue weighted by Crippen LogP contribution is -2.19. The summed E-state index contributed by atoms with van der Waals surface area (Å²) in [6, 6.07) is 5.09. The SMILES string of the molecule is Cc1ccsc1CNc1ccc(OCC(F)(F)F)nc1. The number of aryl methyl sites for hydroxylation is 1. The summed E-state index contributed by atoms with van der Waals surface area (Å²) in [5.74, 6) is -0.0415. The molecule has 7 heteroatoms. The van der Waals surface area contributed by atoms with Gasteiger partial charge in [-0.25, -0.2) is 4.98 Å². The lowest BCUT2D eigenvalue weighted by Gasteiger charge is -2.09. The Hall–Kier alpha value is -1.76. The molecule has 0 amide bonds. The molecule has 3 nitrogen and oxygen atoms in total. The largest absolute Gasteiger partial charge is 0.468 e. The molecule has 0 aliphatic heterocycles. The van der Waals surface area contributed by atoms with Crippen molar-refractivity contribution >= 4 is 17.0 Å². The van der Waals surface area contributed by atoms with Crippen LogP contribution in [0.2, 0.25) is 0 Å². The van der Waals surface area contributed by atoms with Crippen LogP contribution in [0.5, 0.6) is 5.88 Å². The summed E-state index contributed by atoms with van der Waals surface area (Å²) < 4.78 is 40.4. The van der Waals surface area contributed by atoms with Gasteiger partial charge in [0.15, 0.2) is 6.61 Å². The summed E-state index contributed by atoms with van der Waals surface area (Å²) in [4.78, 5) is 5.03. The van der Waals surface area contributed by atoms with Crippen LogP contribution in [0.1, 0.15) is 10.4 Å². The van der Waals surface area contributed by atoms with Gasteiger partial charge in [0.2, 0.25) is 5.88 Å². The number of nitrogens with zero attached hydrogens (tertiary/aromatic N) is 1. The van der Waals surface area contributed by atoms with Gasteiger partial charge in [-0.3, -0.25) is 0 Å². The highest BCUT2D eigenvalue weighted by Gasteiger charge is 2.28. The van der Waals surface area contributed by atoms with E-state index in [0.29, 0.717) is 6.54 Å². The number of halogens is 3. The van der Waals surface area contributed by atoms with Crippen LogP contribution in [0.15, 0.2) is 29.8 Å². The van der Waals surface area contributed by atoms with E-state index in [-0.39, 0.29) is 5.88 Å². The number of aromatic nitrogens is 1. The number of hydrogen-bond acceptors (Lipinski definition) is 4. The fourth-order valence-electron chi connectivity index (χ4n) is 1.49. The zero-order valence-corrected chi connectivity index (χ0v) is 11.5. The number of thiophene rings is 1. The molecule has 2 aromatic heterocycles. The fourth-order valence-corrected chi connectivity index (χ4v) is 2.34. The van der Waals surface area contributed by atoms with Crippen molar-refractivity contribution in [1.29, 1.82) is 0 Å². The van der Waals surface area contributed by atoms with E-state index < -0.39 is 12.8 Å². The molecule has 0 spiro atoms. The van der Waals surface area contributed by atoms with Gasteiger partial charge in [0, 0.05) is 17.5 Å². The molecular formula is C13H13F3N2OS. The molecule has 2 rings (SSSR count). The second-order valence-electron chi connectivity index (χ2n) is 4.17. The van der Waals surface area contributed by atoms with E-state index in [1.165, 1.54) is 22.7 Å². The van der Waals surface area contributed by atoms with E-state index >= 15 is 0 Å². The summed E-state index contributed by atoms with van der Waals surface area (Å²) in [6.45, 7) is 1.36. The van der Waals surface area contributed by atoms with Crippen molar-refractivity contribution in [1.82, 2.24) is 4.98 Å². The van der Waals surface area contributed by atoms with Gasteiger partial charge in [0.05, 0.1) is 11.9 Å². The summed E-state index contributed by atoms with van der Waals surface area (Å²) >= 11 is 1.65. The highest BCUT2D eigenvalue weighted by molar-refractivity contribution is 7.10. The highest BCUT2D eigenvalue weighted by Crippen LogP contribution is 2.20. The molecule has 2 heterocycles. The molecule has 0 saturated carbocycles. The molecule has 20 heavy (non-hydrogen) atoms. The van der Waals surface area contributed by atoms with Gasteiger partial charge in [-0.15, -0.1) is 11.3 Å². The van der Waals surface area contributed by atoms with Crippen LogP contribution < -0.4 is 10.1 Å². The monoisotopic (exact) mass is 302 g/mol. The van der Waals surface area contributed by atoms with Gasteiger partial charge >= 0.3 is 6.18 Å². The van der Waals surface area contributed by atoms with Crippen molar-refractivity contribution in [2.75, 3.05) is 11.9 Å². The minimum absolute atomic E-state index is 0.0415. The molecule has 0 fully saturated rings. The standard InChI is InChI=1S/C13H13F3N2OS/c1-9-4-5-20-11(9)7-17-10-2-3-12(18-6-10)19-8-13(14,15)16/h2-6,17H,7-8H2,1H3. The predicted octanol–water partition coefficient (Wildman–Crippen LogP) is 4.00. The van der Waals surface area contributed by atoms with Crippen LogP contribution in [0.4, 0.5) is 18.9 Å². The second-order valence-corrected chi connectivity index (χ2v) is 5.17. The molecule has 108 valence electrons. The van der Waals surface area contributed by atoms with E-state index in [2.05, 4.69) is 15.0 Å². The Labute approximate surface area is 118 Å². The third-order valence-electron chi connectivity index (χ3n) is 2.54. The van der Waals surface area contributed by atoms with Crippen molar-refractivity contribution in [3.8, 4) is 5.88 Å². The number of nitrogens with one attached hydrogen (secondary N) is 1. The summed E-state index contributed by atoms with van der Waals surface area (Å²) in [6.07, 6.45) is -2.90. The van der Waals surface area contributed by atoms with Gasteiger partial charge in [-0.05, 0) is 30.0 Å². The highest BCUT2D eigenvalue weighted by atomic mass is 32.1. The normalized spacial score (nSPS) is 11.4. The van der Waals surface area contributed by atoms with Gasteiger partial charge in [0.25, 0.3) is 0 Å². The minimum atomic E-state index is -4.35. The molecule has 1 N–H and O–H groups in total. The molecule has 0 radical (unpaired) electrons. The van der Waals surface area contributed by atoms with Crippen molar-refractivity contribution in [2.45, 2.75) is 19.6 Å². The molecule has 0 aliphatic carbocycles. The van der Waals surface area contributed by atoms with Crippen LogP contribution in [-0.2, 0) is 6.54 Å². The second kappa shape index (κ2) is 6.13. The van der Waals surface area contributed by atoms with Gasteiger partial charge < -0.3 is 10.1 Å². The topological polar surface area (TPSA) is 34.1 Å². The lowest BCUT2D eigenvalue weighted by molar-refractivity contribution is -0.154. The van der Waals surface area contributed by atoms with Crippen LogP contribution >= 0.6 is 11.3 Å². The Morgan fingerprint density at radius 1 is 1.30 bits per heavy atom. The number of pyridine rings is 1. The minimum Gasteiger partial charge on any atom is -0.468 e. The van der Waals surface area contributed by atoms with Crippen molar-refractivity contribution < 1.29 is 17.9 Å². The summed E-state index contributed by atoms with van der Waals surface area (Å²) in [5.41, 5.74) is 1.94. The number of anilines is 1. The Balaban J connectivity index is 1.87. The molecular weight excluding hydrogens is 289 g/mol. The smallest absolute Gasteiger partial charge is 0.422 e. The maximum atomic E-state index is 12.0. The Kier molecular flexibility index (Phi) is 4.49. The van der Waals surface area contributed by atoms with Crippen molar-refractivity contribution in [2.24, 2.45) is 0 Å². The Morgan fingerprint density at radius 2 is 2.10 bits per heavy atom. The zero-order chi connectivity index (χ0) is 14.6. The average molecular weight is 302 g/mol. The molecule has 0 bridgehead atoms. The first-order valence-electron chi connectivity index (χ1n) is 5.86. The van der Waals surface area contributed by atoms with E-state index in [1.54, 1.807) is 17.4 Å². The maximum absolute atomic E-state index is 12.0. The molecule has 0 saturated heterocycles. The summed E-state index contributed by atoms with van der Waals surface area (Å²) in [5, 5.41) is 5.17. The molecule has 0 aliphatic rings. The fraction of sp³-hybridized carbons (Fsp3) is 0.308. The van der Waals surface area contributed by atoms with Crippen LogP contribution in [0.25, 0.3) is 0 Å². The third kappa shape index (κ3) is 4.41. The molecule has 0 unspecified atom stereocenters. The van der Waals surface area contributed by atoms with Crippen molar-refractivity contribution in [3.05, 3.63) is 40.2 Å². The van der Waals surface area contributed by atoms with Gasteiger partial charge in [-0.1, -0.05) is 0 Å². The first kappa shape index (κ1) is 14.6. The summed E-state index contributed by atoms with van der Waals surface area (Å²) in [7, 11) is 0.